The monoisotopic (exact) mass is 276 g/mol. The van der Waals surface area contributed by atoms with E-state index in [1.165, 1.54) is 11.1 Å². The van der Waals surface area contributed by atoms with Gasteiger partial charge in [0.05, 0.1) is 24.4 Å². The molecule has 0 aliphatic heterocycles. The Kier molecular flexibility index (Phi) is 4.93. The lowest BCUT2D eigenvalue weighted by Gasteiger charge is -2.18. The van der Waals surface area contributed by atoms with Gasteiger partial charge in [-0.05, 0) is 31.5 Å². The van der Waals surface area contributed by atoms with Gasteiger partial charge in [0, 0.05) is 5.38 Å². The number of hydrogen-bond acceptors (Lipinski definition) is 4. The lowest BCUT2D eigenvalue weighted by atomic mass is 10.0. The lowest BCUT2D eigenvalue weighted by molar-refractivity contribution is 0.405. The van der Waals surface area contributed by atoms with Crippen molar-refractivity contribution in [2.45, 2.75) is 26.3 Å². The maximum Gasteiger partial charge on any atom is 0.122 e. The van der Waals surface area contributed by atoms with Crippen LogP contribution in [0.3, 0.4) is 0 Å². The highest BCUT2D eigenvalue weighted by Gasteiger charge is 2.15. The highest BCUT2D eigenvalue weighted by atomic mass is 32.1. The number of benzene rings is 1. The fourth-order valence-corrected chi connectivity index (χ4v) is 2.82. The number of hydrogen-bond donors (Lipinski definition) is 1. The van der Waals surface area contributed by atoms with Crippen LogP contribution in [0.1, 0.15) is 29.8 Å². The number of methoxy groups -OCH3 is 1. The van der Waals surface area contributed by atoms with E-state index in [9.17, 15) is 0 Å². The standard InChI is InChI=1S/C15H20N2OS/c1-4-16-13(14-9-19-10-17-14)8-12-7-11(2)5-6-15(12)18-3/h5-7,9-10,13,16H,4,8H2,1-3H3. The minimum atomic E-state index is 0.243. The Balaban J connectivity index is 2.24. The first-order valence-electron chi connectivity index (χ1n) is 6.49. The summed E-state index contributed by atoms with van der Waals surface area (Å²) in [4.78, 5) is 4.42. The number of thiazole rings is 1. The van der Waals surface area contributed by atoms with Gasteiger partial charge < -0.3 is 10.1 Å². The van der Waals surface area contributed by atoms with Crippen molar-refractivity contribution in [1.29, 1.82) is 0 Å². The van der Waals surface area contributed by atoms with Gasteiger partial charge in [0.25, 0.3) is 0 Å². The van der Waals surface area contributed by atoms with Crippen molar-refractivity contribution in [2.75, 3.05) is 13.7 Å². The van der Waals surface area contributed by atoms with Crippen LogP contribution in [0.15, 0.2) is 29.1 Å². The second-order valence-electron chi connectivity index (χ2n) is 4.54. The van der Waals surface area contributed by atoms with Crippen LogP contribution in [0.2, 0.25) is 0 Å². The molecule has 19 heavy (non-hydrogen) atoms. The van der Waals surface area contributed by atoms with Crippen molar-refractivity contribution in [3.63, 3.8) is 0 Å². The number of likely N-dealkylation sites (N-methyl/N-ethyl adjacent to an activating group) is 1. The second-order valence-corrected chi connectivity index (χ2v) is 5.26. The molecular formula is C15H20N2OS. The molecule has 2 aromatic rings. The molecule has 0 saturated carbocycles. The third-order valence-electron chi connectivity index (χ3n) is 3.12. The van der Waals surface area contributed by atoms with E-state index in [1.54, 1.807) is 18.4 Å². The molecule has 0 aliphatic rings. The van der Waals surface area contributed by atoms with Crippen LogP contribution in [0, 0.1) is 6.92 Å². The molecule has 1 atom stereocenters. The topological polar surface area (TPSA) is 34.1 Å². The van der Waals surface area contributed by atoms with E-state index in [0.29, 0.717) is 0 Å². The molecule has 1 aromatic heterocycles. The van der Waals surface area contributed by atoms with Gasteiger partial charge in [0.1, 0.15) is 5.75 Å². The molecular weight excluding hydrogens is 256 g/mol. The van der Waals surface area contributed by atoms with Gasteiger partial charge in [0.2, 0.25) is 0 Å². The first kappa shape index (κ1) is 14.0. The number of aromatic nitrogens is 1. The van der Waals surface area contributed by atoms with Crippen LogP contribution in [0.25, 0.3) is 0 Å². The Labute approximate surface area is 118 Å². The average Bonchev–Trinajstić information content (AvgIpc) is 2.92. The number of aryl methyl sites for hydroxylation is 1. The zero-order chi connectivity index (χ0) is 13.7. The summed E-state index contributed by atoms with van der Waals surface area (Å²) in [5, 5.41) is 5.60. The number of nitrogens with one attached hydrogen (secondary N) is 1. The van der Waals surface area contributed by atoms with E-state index in [0.717, 1.165) is 24.4 Å². The van der Waals surface area contributed by atoms with Crippen molar-refractivity contribution in [1.82, 2.24) is 10.3 Å². The predicted octanol–water partition coefficient (Wildman–Crippen LogP) is 3.35. The second kappa shape index (κ2) is 6.68. The zero-order valence-corrected chi connectivity index (χ0v) is 12.5. The summed E-state index contributed by atoms with van der Waals surface area (Å²) in [5.74, 6) is 0.948. The summed E-state index contributed by atoms with van der Waals surface area (Å²) in [6.07, 6.45) is 0.891. The van der Waals surface area contributed by atoms with Crippen LogP contribution in [-0.4, -0.2) is 18.6 Å². The summed E-state index contributed by atoms with van der Waals surface area (Å²) >= 11 is 1.64. The molecule has 1 heterocycles. The van der Waals surface area contributed by atoms with Crippen LogP contribution in [-0.2, 0) is 6.42 Å². The smallest absolute Gasteiger partial charge is 0.122 e. The van der Waals surface area contributed by atoms with Gasteiger partial charge in [-0.2, -0.15) is 0 Å². The van der Waals surface area contributed by atoms with Crippen LogP contribution in [0.4, 0.5) is 0 Å². The molecule has 4 heteroatoms. The summed E-state index contributed by atoms with van der Waals surface area (Å²) < 4.78 is 5.45. The van der Waals surface area contributed by atoms with Crippen molar-refractivity contribution in [2.24, 2.45) is 0 Å². The van der Waals surface area contributed by atoms with Crippen molar-refractivity contribution < 1.29 is 4.74 Å². The SMILES string of the molecule is CCNC(Cc1cc(C)ccc1OC)c1cscn1. The molecule has 0 spiro atoms. The van der Waals surface area contributed by atoms with Crippen molar-refractivity contribution in [3.05, 3.63) is 45.9 Å². The molecule has 0 radical (unpaired) electrons. The fourth-order valence-electron chi connectivity index (χ4n) is 2.21. The van der Waals surface area contributed by atoms with E-state index >= 15 is 0 Å². The molecule has 0 bridgehead atoms. The minimum absolute atomic E-state index is 0.243. The van der Waals surface area contributed by atoms with Gasteiger partial charge >= 0.3 is 0 Å². The van der Waals surface area contributed by atoms with Gasteiger partial charge in [-0.1, -0.05) is 24.6 Å². The van der Waals surface area contributed by atoms with Gasteiger partial charge in [-0.25, -0.2) is 4.98 Å². The van der Waals surface area contributed by atoms with E-state index in [2.05, 4.69) is 41.7 Å². The average molecular weight is 276 g/mol. The van der Waals surface area contributed by atoms with E-state index in [-0.39, 0.29) is 6.04 Å². The molecule has 0 amide bonds. The summed E-state index contributed by atoms with van der Waals surface area (Å²) in [6, 6.07) is 6.55. The normalized spacial score (nSPS) is 12.4. The molecule has 0 aliphatic carbocycles. The largest absolute Gasteiger partial charge is 0.496 e. The van der Waals surface area contributed by atoms with E-state index in [1.807, 2.05) is 11.6 Å². The zero-order valence-electron chi connectivity index (χ0n) is 11.6. The van der Waals surface area contributed by atoms with Crippen LogP contribution >= 0.6 is 11.3 Å². The Bertz CT molecular complexity index is 511. The third kappa shape index (κ3) is 3.55. The Morgan fingerprint density at radius 2 is 2.26 bits per heavy atom. The van der Waals surface area contributed by atoms with Gasteiger partial charge in [-0.3, -0.25) is 0 Å². The Morgan fingerprint density at radius 1 is 1.42 bits per heavy atom. The first-order chi connectivity index (χ1) is 9.24. The Hall–Kier alpha value is -1.39. The maximum atomic E-state index is 5.45. The quantitative estimate of drug-likeness (QED) is 0.878. The summed E-state index contributed by atoms with van der Waals surface area (Å²) in [5.41, 5.74) is 5.47. The third-order valence-corrected chi connectivity index (χ3v) is 3.72. The molecule has 102 valence electrons. The lowest BCUT2D eigenvalue weighted by Crippen LogP contribution is -2.23. The maximum absolute atomic E-state index is 5.45. The first-order valence-corrected chi connectivity index (χ1v) is 7.43. The fraction of sp³-hybridized carbons (Fsp3) is 0.400. The number of ether oxygens (including phenoxy) is 1. The molecule has 1 N–H and O–H groups in total. The van der Waals surface area contributed by atoms with Crippen molar-refractivity contribution in [3.8, 4) is 5.75 Å². The van der Waals surface area contributed by atoms with E-state index < -0.39 is 0 Å². The van der Waals surface area contributed by atoms with Gasteiger partial charge in [0.15, 0.2) is 0 Å². The van der Waals surface area contributed by atoms with Gasteiger partial charge in [-0.15, -0.1) is 11.3 Å². The highest BCUT2D eigenvalue weighted by Crippen LogP contribution is 2.26. The van der Waals surface area contributed by atoms with Crippen molar-refractivity contribution >= 4 is 11.3 Å². The molecule has 2 rings (SSSR count). The Morgan fingerprint density at radius 3 is 2.89 bits per heavy atom. The molecule has 1 unspecified atom stereocenters. The van der Waals surface area contributed by atoms with E-state index in [4.69, 9.17) is 4.74 Å². The molecule has 0 saturated heterocycles. The summed E-state index contributed by atoms with van der Waals surface area (Å²) in [7, 11) is 1.72. The summed E-state index contributed by atoms with van der Waals surface area (Å²) in [6.45, 7) is 5.15. The van der Waals surface area contributed by atoms with Crippen LogP contribution < -0.4 is 10.1 Å². The number of nitrogens with zero attached hydrogens (tertiary/aromatic N) is 1. The molecule has 3 nitrogen and oxygen atoms in total. The van der Waals surface area contributed by atoms with Crippen LogP contribution in [0.5, 0.6) is 5.75 Å². The molecule has 0 fully saturated rings. The predicted molar refractivity (Wildman–Crippen MR) is 80.0 cm³/mol. The minimum Gasteiger partial charge on any atom is -0.496 e. The highest BCUT2D eigenvalue weighted by molar-refractivity contribution is 7.07. The molecule has 1 aromatic carbocycles. The number of rotatable bonds is 6.